The number of hydrogen-bond donors (Lipinski definition) is 0. The van der Waals surface area contributed by atoms with Crippen LogP contribution < -0.4 is 0 Å². The summed E-state index contributed by atoms with van der Waals surface area (Å²) in [6, 6.07) is 0. The number of guanidine groups is 1. The Morgan fingerprint density at radius 1 is 1.24 bits per heavy atom. The van der Waals surface area contributed by atoms with E-state index < -0.39 is 0 Å². The minimum Gasteiger partial charge on any atom is -0.315 e. The van der Waals surface area contributed by atoms with Gasteiger partial charge in [0.2, 0.25) is 5.96 Å². The van der Waals surface area contributed by atoms with Gasteiger partial charge in [0.05, 0.1) is 5.57 Å². The number of fused-ring (bicyclic) bond motifs is 2. The maximum Gasteiger partial charge on any atom is 0.259 e. The molecule has 5 heteroatoms. The second-order valence-corrected chi connectivity index (χ2v) is 4.96. The number of amides is 1. The summed E-state index contributed by atoms with van der Waals surface area (Å²) in [7, 11) is 3.90. The highest BCUT2D eigenvalue weighted by atomic mass is 16.2. The highest BCUT2D eigenvalue weighted by Crippen LogP contribution is 2.29. The monoisotopic (exact) mass is 234 g/mol. The third-order valence-corrected chi connectivity index (χ3v) is 3.73. The molecule has 0 aromatic rings. The molecule has 0 radical (unpaired) electrons. The smallest absolute Gasteiger partial charge is 0.259 e. The predicted octanol–water partition coefficient (Wildman–Crippen LogP) is 0.110. The zero-order chi connectivity index (χ0) is 12.0. The molecule has 3 aliphatic rings. The molecule has 0 atom stereocenters. The minimum absolute atomic E-state index is 0.128. The summed E-state index contributed by atoms with van der Waals surface area (Å²) in [5, 5.41) is 0. The van der Waals surface area contributed by atoms with Crippen molar-refractivity contribution in [3.05, 3.63) is 11.3 Å². The first kappa shape index (κ1) is 10.8. The zero-order valence-electron chi connectivity index (χ0n) is 10.4. The van der Waals surface area contributed by atoms with Gasteiger partial charge in [-0.1, -0.05) is 0 Å². The van der Waals surface area contributed by atoms with Crippen molar-refractivity contribution in [2.24, 2.45) is 4.99 Å². The van der Waals surface area contributed by atoms with E-state index in [9.17, 15) is 4.79 Å². The van der Waals surface area contributed by atoms with Crippen molar-refractivity contribution in [1.29, 1.82) is 0 Å². The number of carbonyl (C=O) groups excluding carboxylic acids is 1. The zero-order valence-corrected chi connectivity index (χ0v) is 10.4. The fourth-order valence-corrected chi connectivity index (χ4v) is 2.81. The number of rotatable bonds is 0. The average molecular weight is 234 g/mol. The molecule has 0 fully saturated rings. The highest BCUT2D eigenvalue weighted by Gasteiger charge is 2.37. The fourth-order valence-electron chi connectivity index (χ4n) is 2.81. The molecule has 5 nitrogen and oxygen atoms in total. The third-order valence-electron chi connectivity index (χ3n) is 3.73. The van der Waals surface area contributed by atoms with E-state index in [1.165, 1.54) is 5.70 Å². The van der Waals surface area contributed by atoms with Crippen LogP contribution in [-0.2, 0) is 4.79 Å². The van der Waals surface area contributed by atoms with E-state index in [1.807, 2.05) is 7.05 Å². The van der Waals surface area contributed by atoms with E-state index in [4.69, 9.17) is 0 Å². The Morgan fingerprint density at radius 2 is 2.06 bits per heavy atom. The quantitative estimate of drug-likeness (QED) is 0.597. The lowest BCUT2D eigenvalue weighted by Gasteiger charge is -2.43. The van der Waals surface area contributed by atoms with Crippen molar-refractivity contribution >= 4 is 11.9 Å². The summed E-state index contributed by atoms with van der Waals surface area (Å²) in [5.41, 5.74) is 2.17. The molecule has 0 bridgehead atoms. The molecular formula is C12H18N4O. The van der Waals surface area contributed by atoms with E-state index in [-0.39, 0.29) is 5.91 Å². The van der Waals surface area contributed by atoms with E-state index >= 15 is 0 Å². The first-order valence-corrected chi connectivity index (χ1v) is 6.19. The number of likely N-dealkylation sites (N-methyl/N-ethyl adjacent to an activating group) is 2. The standard InChI is InChI=1S/C12H18N4O/c1-14-7-4-10-9(8-14)11(17)15(2)12-13-5-3-6-16(10)12/h3-8H2,1-2H3. The van der Waals surface area contributed by atoms with E-state index in [1.54, 1.807) is 4.90 Å². The topological polar surface area (TPSA) is 39.2 Å². The molecule has 1 amide bonds. The van der Waals surface area contributed by atoms with E-state index in [0.29, 0.717) is 0 Å². The van der Waals surface area contributed by atoms with Gasteiger partial charge in [-0.2, -0.15) is 0 Å². The normalized spacial score (nSPS) is 25.8. The van der Waals surface area contributed by atoms with Crippen LogP contribution in [0.2, 0.25) is 0 Å². The van der Waals surface area contributed by atoms with Gasteiger partial charge in [-0.25, -0.2) is 0 Å². The lowest BCUT2D eigenvalue weighted by molar-refractivity contribution is -0.124. The lowest BCUT2D eigenvalue weighted by Crippen LogP contribution is -2.55. The van der Waals surface area contributed by atoms with Gasteiger partial charge < -0.3 is 9.80 Å². The number of carbonyl (C=O) groups is 1. The van der Waals surface area contributed by atoms with Crippen molar-refractivity contribution < 1.29 is 4.79 Å². The van der Waals surface area contributed by atoms with Crippen LogP contribution in [0.3, 0.4) is 0 Å². The molecule has 0 aliphatic carbocycles. The van der Waals surface area contributed by atoms with Gasteiger partial charge in [0.15, 0.2) is 0 Å². The summed E-state index contributed by atoms with van der Waals surface area (Å²) in [6.07, 6.45) is 2.04. The van der Waals surface area contributed by atoms with E-state index in [2.05, 4.69) is 21.8 Å². The summed E-state index contributed by atoms with van der Waals surface area (Å²) >= 11 is 0. The summed E-state index contributed by atoms with van der Waals surface area (Å²) in [4.78, 5) is 22.9. The van der Waals surface area contributed by atoms with Gasteiger partial charge in [-0.3, -0.25) is 14.7 Å². The van der Waals surface area contributed by atoms with Crippen LogP contribution in [0.15, 0.2) is 16.3 Å². The van der Waals surface area contributed by atoms with Gasteiger partial charge in [0, 0.05) is 45.3 Å². The summed E-state index contributed by atoms with van der Waals surface area (Å²) < 4.78 is 0. The van der Waals surface area contributed by atoms with Crippen molar-refractivity contribution in [2.45, 2.75) is 12.8 Å². The molecule has 0 saturated carbocycles. The Kier molecular flexibility index (Phi) is 2.43. The first-order chi connectivity index (χ1) is 8.18. The largest absolute Gasteiger partial charge is 0.315 e. The Labute approximate surface area is 101 Å². The Morgan fingerprint density at radius 3 is 2.88 bits per heavy atom. The molecule has 0 spiro atoms. The second-order valence-electron chi connectivity index (χ2n) is 4.96. The van der Waals surface area contributed by atoms with Crippen molar-refractivity contribution in [3.8, 4) is 0 Å². The molecule has 0 aromatic carbocycles. The highest BCUT2D eigenvalue weighted by molar-refractivity contribution is 6.09. The summed E-state index contributed by atoms with van der Waals surface area (Å²) in [5.74, 6) is 0.980. The molecule has 17 heavy (non-hydrogen) atoms. The van der Waals surface area contributed by atoms with Crippen LogP contribution in [0.4, 0.5) is 0 Å². The molecular weight excluding hydrogens is 216 g/mol. The van der Waals surface area contributed by atoms with Crippen LogP contribution in [0, 0.1) is 0 Å². The maximum atomic E-state index is 12.3. The van der Waals surface area contributed by atoms with Crippen LogP contribution in [0.1, 0.15) is 12.8 Å². The van der Waals surface area contributed by atoms with Gasteiger partial charge in [0.25, 0.3) is 5.91 Å². The van der Waals surface area contributed by atoms with Crippen LogP contribution in [0.25, 0.3) is 0 Å². The molecule has 0 saturated heterocycles. The van der Waals surface area contributed by atoms with Gasteiger partial charge in [-0.15, -0.1) is 0 Å². The maximum absolute atomic E-state index is 12.3. The van der Waals surface area contributed by atoms with Crippen molar-refractivity contribution in [3.63, 3.8) is 0 Å². The number of hydrogen-bond acceptors (Lipinski definition) is 4. The molecule has 0 aromatic heterocycles. The van der Waals surface area contributed by atoms with Crippen molar-refractivity contribution in [1.82, 2.24) is 14.7 Å². The fraction of sp³-hybridized carbons (Fsp3) is 0.667. The molecule has 92 valence electrons. The Bertz CT molecular complexity index is 426. The number of nitrogens with zero attached hydrogens (tertiary/aromatic N) is 4. The minimum atomic E-state index is 0.128. The van der Waals surface area contributed by atoms with Gasteiger partial charge in [0.1, 0.15) is 0 Å². The molecule has 3 heterocycles. The molecule has 3 aliphatic heterocycles. The SMILES string of the molecule is CN1CCC2=C(C1)C(=O)N(C)C1=NCCCN12. The van der Waals surface area contributed by atoms with E-state index in [0.717, 1.165) is 50.6 Å². The Hall–Kier alpha value is -1.36. The van der Waals surface area contributed by atoms with Gasteiger partial charge in [-0.05, 0) is 13.5 Å². The van der Waals surface area contributed by atoms with Crippen LogP contribution >= 0.6 is 0 Å². The summed E-state index contributed by atoms with van der Waals surface area (Å²) in [6.45, 7) is 3.63. The van der Waals surface area contributed by atoms with Crippen LogP contribution in [-0.4, -0.2) is 66.8 Å². The van der Waals surface area contributed by atoms with Crippen molar-refractivity contribution in [2.75, 3.05) is 40.3 Å². The average Bonchev–Trinajstić information content (AvgIpc) is 2.36. The van der Waals surface area contributed by atoms with Crippen LogP contribution in [0.5, 0.6) is 0 Å². The second kappa shape index (κ2) is 3.84. The van der Waals surface area contributed by atoms with Gasteiger partial charge >= 0.3 is 0 Å². The molecule has 3 rings (SSSR count). The lowest BCUT2D eigenvalue weighted by atomic mass is 10.0. The molecule has 0 N–H and O–H groups in total. The molecule has 0 unspecified atom stereocenters. The third kappa shape index (κ3) is 1.57. The Balaban J connectivity index is 2.06. The number of aliphatic imine (C=N–C) groups is 1. The predicted molar refractivity (Wildman–Crippen MR) is 65.5 cm³/mol. The first-order valence-electron chi connectivity index (χ1n) is 6.19.